The van der Waals surface area contributed by atoms with Gasteiger partial charge in [-0.1, -0.05) is 55.4 Å². The van der Waals surface area contributed by atoms with Crippen molar-refractivity contribution >= 4 is 35.5 Å². The van der Waals surface area contributed by atoms with Crippen molar-refractivity contribution in [3.8, 4) is 0 Å². The van der Waals surface area contributed by atoms with Gasteiger partial charge >= 0.3 is 5.97 Å². The lowest BCUT2D eigenvalue weighted by molar-refractivity contribution is -0.140. The van der Waals surface area contributed by atoms with Crippen LogP contribution in [0.5, 0.6) is 0 Å². The van der Waals surface area contributed by atoms with E-state index in [2.05, 4.69) is 26.6 Å². The Kier molecular flexibility index (Phi) is 18.5. The number of aliphatic hydroxyl groups excluding tert-OH is 2. The van der Waals surface area contributed by atoms with Crippen molar-refractivity contribution in [2.75, 3.05) is 0 Å². The van der Waals surface area contributed by atoms with Crippen molar-refractivity contribution in [3.05, 3.63) is 0 Å². The van der Waals surface area contributed by atoms with E-state index < -0.39 is 84.9 Å². The van der Waals surface area contributed by atoms with Crippen LogP contribution in [0.3, 0.4) is 0 Å². The maximum absolute atomic E-state index is 13.3. The van der Waals surface area contributed by atoms with Crippen LogP contribution in [0, 0.1) is 23.7 Å². The molecular formula is C31H57N5O9. The molecule has 0 rings (SSSR count). The Labute approximate surface area is 267 Å². The van der Waals surface area contributed by atoms with Crippen LogP contribution in [0.2, 0.25) is 0 Å². The number of aliphatic hydroxyl groups is 2. The number of carbonyl (C=O) groups excluding carboxylic acids is 5. The van der Waals surface area contributed by atoms with Crippen LogP contribution in [0.1, 0.15) is 94.9 Å². The number of nitrogens with one attached hydrogen (secondary N) is 5. The first-order valence-corrected chi connectivity index (χ1v) is 15.7. The predicted molar refractivity (Wildman–Crippen MR) is 168 cm³/mol. The second-order valence-electron chi connectivity index (χ2n) is 13.4. The Morgan fingerprint density at radius 2 is 0.956 bits per heavy atom. The third-order valence-corrected chi connectivity index (χ3v) is 7.14. The van der Waals surface area contributed by atoms with Crippen molar-refractivity contribution in [1.29, 1.82) is 0 Å². The van der Waals surface area contributed by atoms with Crippen LogP contribution in [-0.4, -0.2) is 93.2 Å². The molecule has 14 heteroatoms. The first-order chi connectivity index (χ1) is 20.7. The normalized spacial score (nSPS) is 16.3. The molecule has 8 N–H and O–H groups in total. The standard InChI is InChI=1S/C31H57N5O9/c1-15(2)11-21(35-30(44)28(18(7)8)36-31(45)27(17(5)6)33-20(10)37)23(38)13-25(40)32-19(9)29(43)34-22(12-16(3)4)24(39)14-26(41)42/h15-19,21-24,27-28,38-39H,11-14H2,1-10H3,(H,32,40)(H,33,37)(H,34,43)(H,35,44)(H,36,45)(H,41,42)/t19-,21-,22-,23-,24-,27+,28+/m0/s1. The number of carboxylic acids is 1. The molecule has 0 saturated heterocycles. The summed E-state index contributed by atoms with van der Waals surface area (Å²) in [5.74, 6) is -4.48. The fourth-order valence-corrected chi connectivity index (χ4v) is 4.77. The minimum Gasteiger partial charge on any atom is -0.481 e. The molecule has 0 aliphatic rings. The van der Waals surface area contributed by atoms with Crippen molar-refractivity contribution in [3.63, 3.8) is 0 Å². The summed E-state index contributed by atoms with van der Waals surface area (Å²) in [6.45, 7) is 17.2. The smallest absolute Gasteiger partial charge is 0.306 e. The quantitative estimate of drug-likeness (QED) is 0.0920. The van der Waals surface area contributed by atoms with E-state index in [9.17, 15) is 39.0 Å². The fourth-order valence-electron chi connectivity index (χ4n) is 4.77. The molecule has 0 fully saturated rings. The zero-order valence-corrected chi connectivity index (χ0v) is 28.5. The average Bonchev–Trinajstić information content (AvgIpc) is 2.87. The van der Waals surface area contributed by atoms with E-state index in [1.165, 1.54) is 13.8 Å². The highest BCUT2D eigenvalue weighted by Crippen LogP contribution is 2.14. The maximum atomic E-state index is 13.3. The van der Waals surface area contributed by atoms with E-state index in [1.807, 2.05) is 27.7 Å². The maximum Gasteiger partial charge on any atom is 0.306 e. The molecule has 0 aromatic heterocycles. The summed E-state index contributed by atoms with van der Waals surface area (Å²) in [6, 6.07) is -4.59. The minimum absolute atomic E-state index is 0.0185. The molecule has 0 bridgehead atoms. The molecule has 0 spiro atoms. The molecular weight excluding hydrogens is 586 g/mol. The Bertz CT molecular complexity index is 1000. The summed E-state index contributed by atoms with van der Waals surface area (Å²) in [7, 11) is 0. The van der Waals surface area contributed by atoms with Gasteiger partial charge in [0.15, 0.2) is 0 Å². The molecule has 45 heavy (non-hydrogen) atoms. The molecule has 5 amide bonds. The lowest BCUT2D eigenvalue weighted by Crippen LogP contribution is -2.59. The van der Waals surface area contributed by atoms with Gasteiger partial charge in [0.1, 0.15) is 18.1 Å². The first kappa shape index (κ1) is 41.7. The number of hydrogen-bond donors (Lipinski definition) is 8. The molecule has 0 unspecified atom stereocenters. The lowest BCUT2D eigenvalue weighted by Gasteiger charge is -2.31. The zero-order chi connectivity index (χ0) is 35.2. The summed E-state index contributed by atoms with van der Waals surface area (Å²) >= 11 is 0. The van der Waals surface area contributed by atoms with E-state index in [-0.39, 0.29) is 29.6 Å². The van der Waals surface area contributed by atoms with Gasteiger partial charge in [-0.15, -0.1) is 0 Å². The summed E-state index contributed by atoms with van der Waals surface area (Å²) in [6.07, 6.45) is -3.01. The SMILES string of the molecule is CC(=O)N[C@@H](C(=O)N[C@@H](C(=O)N[C@@H](CC(C)C)[C@@H](O)CC(=O)N[C@@H](C)C(=O)N[C@@H](CC(C)C)[C@@H](O)CC(=O)O)C(C)C)C(C)C. The van der Waals surface area contributed by atoms with Crippen LogP contribution < -0.4 is 26.6 Å². The van der Waals surface area contributed by atoms with Crippen molar-refractivity contribution in [2.24, 2.45) is 23.7 Å². The van der Waals surface area contributed by atoms with E-state index >= 15 is 0 Å². The molecule has 14 nitrogen and oxygen atoms in total. The molecule has 0 aromatic carbocycles. The third kappa shape index (κ3) is 16.6. The second kappa shape index (κ2) is 20.0. The number of hydrogen-bond acceptors (Lipinski definition) is 8. The van der Waals surface area contributed by atoms with Gasteiger partial charge in [-0.3, -0.25) is 28.8 Å². The molecule has 260 valence electrons. The monoisotopic (exact) mass is 643 g/mol. The molecule has 0 aliphatic carbocycles. The Hall–Kier alpha value is -3.26. The topological polar surface area (TPSA) is 223 Å². The number of rotatable bonds is 20. The first-order valence-electron chi connectivity index (χ1n) is 15.7. The predicted octanol–water partition coefficient (Wildman–Crippen LogP) is 0.441. The fraction of sp³-hybridized carbons (Fsp3) is 0.806. The van der Waals surface area contributed by atoms with E-state index in [0.717, 1.165) is 0 Å². The van der Waals surface area contributed by atoms with Gasteiger partial charge in [0, 0.05) is 6.92 Å². The number of carboxylic acid groups (broad SMARTS) is 1. The second-order valence-corrected chi connectivity index (χ2v) is 13.4. The van der Waals surface area contributed by atoms with Crippen molar-refractivity contribution in [2.45, 2.75) is 137 Å². The van der Waals surface area contributed by atoms with Gasteiger partial charge < -0.3 is 41.9 Å². The van der Waals surface area contributed by atoms with Gasteiger partial charge in [0.2, 0.25) is 29.5 Å². The van der Waals surface area contributed by atoms with Crippen LogP contribution in [-0.2, 0) is 28.8 Å². The van der Waals surface area contributed by atoms with Gasteiger partial charge in [0.05, 0.1) is 37.1 Å². The van der Waals surface area contributed by atoms with Crippen molar-refractivity contribution in [1.82, 2.24) is 26.6 Å². The average molecular weight is 644 g/mol. The van der Waals surface area contributed by atoms with E-state index in [0.29, 0.717) is 12.8 Å². The third-order valence-electron chi connectivity index (χ3n) is 7.14. The summed E-state index contributed by atoms with van der Waals surface area (Å²) in [5, 5.41) is 43.5. The molecule has 0 radical (unpaired) electrons. The molecule has 0 aliphatic heterocycles. The Morgan fingerprint density at radius 1 is 0.556 bits per heavy atom. The largest absolute Gasteiger partial charge is 0.481 e. The van der Waals surface area contributed by atoms with Crippen LogP contribution >= 0.6 is 0 Å². The van der Waals surface area contributed by atoms with Crippen molar-refractivity contribution < 1.29 is 44.1 Å². The van der Waals surface area contributed by atoms with Gasteiger partial charge in [-0.2, -0.15) is 0 Å². The number of aliphatic carboxylic acids is 1. The lowest BCUT2D eigenvalue weighted by atomic mass is 9.95. The Balaban J connectivity index is 5.54. The van der Waals surface area contributed by atoms with Crippen LogP contribution in [0.4, 0.5) is 0 Å². The van der Waals surface area contributed by atoms with Crippen LogP contribution in [0.25, 0.3) is 0 Å². The highest BCUT2D eigenvalue weighted by Gasteiger charge is 2.33. The highest BCUT2D eigenvalue weighted by molar-refractivity contribution is 5.92. The number of carbonyl (C=O) groups is 6. The molecule has 0 saturated carbocycles. The van der Waals surface area contributed by atoms with E-state index in [1.54, 1.807) is 27.7 Å². The Morgan fingerprint density at radius 3 is 1.36 bits per heavy atom. The number of amides is 5. The van der Waals surface area contributed by atoms with Crippen LogP contribution in [0.15, 0.2) is 0 Å². The summed E-state index contributed by atoms with van der Waals surface area (Å²) < 4.78 is 0. The van der Waals surface area contributed by atoms with E-state index in [4.69, 9.17) is 5.11 Å². The minimum atomic E-state index is -1.33. The van der Waals surface area contributed by atoms with Gasteiger partial charge in [0.25, 0.3) is 0 Å². The zero-order valence-electron chi connectivity index (χ0n) is 28.5. The summed E-state index contributed by atoms with van der Waals surface area (Å²) in [4.78, 5) is 74.6. The van der Waals surface area contributed by atoms with Gasteiger partial charge in [-0.25, -0.2) is 0 Å². The molecule has 0 aromatic rings. The highest BCUT2D eigenvalue weighted by atomic mass is 16.4. The summed E-state index contributed by atoms with van der Waals surface area (Å²) in [5.41, 5.74) is 0. The molecule has 7 atom stereocenters. The van der Waals surface area contributed by atoms with Gasteiger partial charge in [-0.05, 0) is 43.4 Å². The molecule has 0 heterocycles.